The van der Waals surface area contributed by atoms with Gasteiger partial charge in [-0.25, -0.2) is 4.98 Å². The van der Waals surface area contributed by atoms with Gasteiger partial charge in [-0.05, 0) is 30.2 Å². The van der Waals surface area contributed by atoms with Gasteiger partial charge >= 0.3 is 0 Å². The Kier molecular flexibility index (Phi) is 4.60. The van der Waals surface area contributed by atoms with Gasteiger partial charge in [-0.3, -0.25) is 4.79 Å². The van der Waals surface area contributed by atoms with E-state index in [0.29, 0.717) is 30.2 Å². The maximum atomic E-state index is 12.7. The molecular formula is C20H21N5O3. The number of hydrogen-bond donors (Lipinski definition) is 2. The molecule has 0 bridgehead atoms. The summed E-state index contributed by atoms with van der Waals surface area (Å²) in [7, 11) is 0. The van der Waals surface area contributed by atoms with Gasteiger partial charge in [0.15, 0.2) is 11.5 Å². The van der Waals surface area contributed by atoms with Crippen molar-refractivity contribution < 1.29 is 14.3 Å². The Labute approximate surface area is 162 Å². The molecule has 8 heteroatoms. The molecule has 3 aromatic rings. The average molecular weight is 379 g/mol. The smallest absolute Gasteiger partial charge is 0.279 e. The highest BCUT2D eigenvalue weighted by Crippen LogP contribution is 2.37. The van der Waals surface area contributed by atoms with Crippen molar-refractivity contribution in [1.29, 1.82) is 0 Å². The summed E-state index contributed by atoms with van der Waals surface area (Å²) in [5, 5.41) is 7.28. The number of aromatic nitrogens is 3. The predicted octanol–water partition coefficient (Wildman–Crippen LogP) is 3.19. The van der Waals surface area contributed by atoms with Crippen molar-refractivity contribution in [3.05, 3.63) is 54.1 Å². The van der Waals surface area contributed by atoms with Crippen LogP contribution in [0.15, 0.2) is 43.0 Å². The Morgan fingerprint density at radius 2 is 1.96 bits per heavy atom. The lowest BCUT2D eigenvalue weighted by atomic mass is 9.96. The average Bonchev–Trinajstić information content (AvgIpc) is 3.21. The van der Waals surface area contributed by atoms with Crippen LogP contribution < -0.4 is 20.5 Å². The van der Waals surface area contributed by atoms with Crippen LogP contribution in [-0.4, -0.2) is 33.9 Å². The van der Waals surface area contributed by atoms with Gasteiger partial charge in [0.1, 0.15) is 25.9 Å². The molecule has 0 saturated heterocycles. The lowest BCUT2D eigenvalue weighted by Gasteiger charge is -2.21. The van der Waals surface area contributed by atoms with E-state index in [1.165, 1.54) is 17.3 Å². The fourth-order valence-electron chi connectivity index (χ4n) is 3.27. The molecule has 1 aliphatic heterocycles. The molecule has 0 unspecified atom stereocenters. The van der Waals surface area contributed by atoms with Crippen molar-refractivity contribution in [3.63, 3.8) is 0 Å². The summed E-state index contributed by atoms with van der Waals surface area (Å²) >= 11 is 0. The number of hydrogen-bond acceptors (Lipinski definition) is 7. The third-order valence-electron chi connectivity index (χ3n) is 4.48. The molecule has 3 N–H and O–H groups in total. The predicted molar refractivity (Wildman–Crippen MR) is 105 cm³/mol. The number of benzene rings is 2. The number of fused-ring (bicyclic) bond motifs is 1. The maximum absolute atomic E-state index is 12.7. The molecule has 0 spiro atoms. The Morgan fingerprint density at radius 3 is 2.68 bits per heavy atom. The molecule has 0 fully saturated rings. The molecule has 0 amide bonds. The summed E-state index contributed by atoms with van der Waals surface area (Å²) in [4.78, 5) is 16.5. The fraction of sp³-hybridized carbons (Fsp3) is 0.250. The standard InChI is InChI=1S/C20H21N5O3/c1-12(2)19-15(21)7-13(20(26)25-11-22-10-23-25)8-16(19)24-14-3-4-17-18(9-14)28-6-5-27-17/h3-4,7-12,24H,5-6,21H2,1-2H3. The van der Waals surface area contributed by atoms with E-state index in [1.54, 1.807) is 12.1 Å². The van der Waals surface area contributed by atoms with Crippen LogP contribution in [0.25, 0.3) is 0 Å². The molecule has 28 heavy (non-hydrogen) atoms. The fourth-order valence-corrected chi connectivity index (χ4v) is 3.27. The lowest BCUT2D eigenvalue weighted by molar-refractivity contribution is 0.0945. The zero-order valence-corrected chi connectivity index (χ0v) is 15.7. The van der Waals surface area contributed by atoms with Gasteiger partial charge < -0.3 is 20.5 Å². The summed E-state index contributed by atoms with van der Waals surface area (Å²) in [6, 6.07) is 9.10. The molecule has 4 rings (SSSR count). The SMILES string of the molecule is CC(C)c1c(N)cc(C(=O)n2cncn2)cc1Nc1ccc2c(c1)OCCO2. The third kappa shape index (κ3) is 3.36. The van der Waals surface area contributed by atoms with Crippen molar-refractivity contribution in [1.82, 2.24) is 14.8 Å². The molecule has 144 valence electrons. The minimum atomic E-state index is -0.301. The van der Waals surface area contributed by atoms with Crippen molar-refractivity contribution in [2.45, 2.75) is 19.8 Å². The van der Waals surface area contributed by atoms with Crippen LogP contribution in [0.4, 0.5) is 17.1 Å². The molecule has 0 atom stereocenters. The van der Waals surface area contributed by atoms with Gasteiger partial charge in [-0.15, -0.1) is 0 Å². The zero-order valence-electron chi connectivity index (χ0n) is 15.7. The highest BCUT2D eigenvalue weighted by molar-refractivity contribution is 5.98. The van der Waals surface area contributed by atoms with Gasteiger partial charge in [-0.1, -0.05) is 13.8 Å². The van der Waals surface area contributed by atoms with E-state index in [4.69, 9.17) is 15.2 Å². The summed E-state index contributed by atoms with van der Waals surface area (Å²) in [6.45, 7) is 5.17. The molecule has 1 aliphatic rings. The molecule has 2 heterocycles. The van der Waals surface area contributed by atoms with Crippen molar-refractivity contribution in [3.8, 4) is 11.5 Å². The normalized spacial score (nSPS) is 12.8. The molecular weight excluding hydrogens is 358 g/mol. The first-order valence-corrected chi connectivity index (χ1v) is 9.02. The second-order valence-corrected chi connectivity index (χ2v) is 6.81. The number of nitrogens with zero attached hydrogens (tertiary/aromatic N) is 3. The van der Waals surface area contributed by atoms with Crippen LogP contribution >= 0.6 is 0 Å². The number of ether oxygens (including phenoxy) is 2. The van der Waals surface area contributed by atoms with Crippen molar-refractivity contribution in [2.24, 2.45) is 0 Å². The second-order valence-electron chi connectivity index (χ2n) is 6.81. The van der Waals surface area contributed by atoms with Crippen molar-refractivity contribution in [2.75, 3.05) is 24.3 Å². The van der Waals surface area contributed by atoms with Crippen LogP contribution in [0.1, 0.15) is 35.7 Å². The molecule has 0 radical (unpaired) electrons. The van der Waals surface area contributed by atoms with Crippen molar-refractivity contribution >= 4 is 23.0 Å². The lowest BCUT2D eigenvalue weighted by Crippen LogP contribution is -2.15. The monoisotopic (exact) mass is 379 g/mol. The first kappa shape index (κ1) is 17.8. The minimum Gasteiger partial charge on any atom is -0.486 e. The third-order valence-corrected chi connectivity index (χ3v) is 4.48. The minimum absolute atomic E-state index is 0.162. The van der Waals surface area contributed by atoms with Gasteiger partial charge in [0, 0.05) is 34.3 Å². The summed E-state index contributed by atoms with van der Waals surface area (Å²) in [5.74, 6) is 1.26. The number of carbonyl (C=O) groups is 1. The van der Waals surface area contributed by atoms with E-state index >= 15 is 0 Å². The van der Waals surface area contributed by atoms with E-state index in [2.05, 4.69) is 29.2 Å². The number of nitrogens with two attached hydrogens (primary N) is 1. The maximum Gasteiger partial charge on any atom is 0.279 e. The first-order valence-electron chi connectivity index (χ1n) is 9.02. The Balaban J connectivity index is 1.73. The topological polar surface area (TPSA) is 104 Å². The molecule has 0 saturated carbocycles. The highest BCUT2D eigenvalue weighted by atomic mass is 16.6. The van der Waals surface area contributed by atoms with Crippen LogP contribution in [0.5, 0.6) is 11.5 Å². The van der Waals surface area contributed by atoms with E-state index in [0.717, 1.165) is 22.7 Å². The van der Waals surface area contributed by atoms with E-state index < -0.39 is 0 Å². The first-order chi connectivity index (χ1) is 13.5. The largest absolute Gasteiger partial charge is 0.486 e. The number of carbonyl (C=O) groups excluding carboxylic acids is 1. The number of nitrogen functional groups attached to an aromatic ring is 1. The Morgan fingerprint density at radius 1 is 1.18 bits per heavy atom. The van der Waals surface area contributed by atoms with E-state index in [-0.39, 0.29) is 11.8 Å². The van der Waals surface area contributed by atoms with Crippen LogP contribution in [0.2, 0.25) is 0 Å². The van der Waals surface area contributed by atoms with E-state index in [1.807, 2.05) is 18.2 Å². The van der Waals surface area contributed by atoms with E-state index in [9.17, 15) is 4.79 Å². The number of nitrogens with one attached hydrogen (secondary N) is 1. The molecule has 2 aromatic carbocycles. The zero-order chi connectivity index (χ0) is 19.7. The van der Waals surface area contributed by atoms with Gasteiger partial charge in [0.25, 0.3) is 5.91 Å². The van der Waals surface area contributed by atoms with Crippen LogP contribution in [0.3, 0.4) is 0 Å². The van der Waals surface area contributed by atoms with Gasteiger partial charge in [-0.2, -0.15) is 9.78 Å². The molecule has 1 aromatic heterocycles. The van der Waals surface area contributed by atoms with Crippen LogP contribution in [0, 0.1) is 0 Å². The number of anilines is 3. The summed E-state index contributed by atoms with van der Waals surface area (Å²) in [5.41, 5.74) is 9.77. The van der Waals surface area contributed by atoms with Gasteiger partial charge in [0.2, 0.25) is 0 Å². The molecule has 8 nitrogen and oxygen atoms in total. The van der Waals surface area contributed by atoms with Gasteiger partial charge in [0.05, 0.1) is 0 Å². The second kappa shape index (κ2) is 7.22. The Bertz CT molecular complexity index is 1010. The summed E-state index contributed by atoms with van der Waals surface area (Å²) in [6.07, 6.45) is 2.68. The molecule has 0 aliphatic carbocycles. The highest BCUT2D eigenvalue weighted by Gasteiger charge is 2.18. The quantitative estimate of drug-likeness (QED) is 0.671. The Hall–Kier alpha value is -3.55. The van der Waals surface area contributed by atoms with Crippen LogP contribution in [-0.2, 0) is 0 Å². The summed E-state index contributed by atoms with van der Waals surface area (Å²) < 4.78 is 12.4. The number of rotatable bonds is 4.